The van der Waals surface area contributed by atoms with Gasteiger partial charge in [-0.25, -0.2) is 0 Å². The average Bonchev–Trinajstić information content (AvgIpc) is 2.13. The highest BCUT2D eigenvalue weighted by atomic mass is 16.5. The Kier molecular flexibility index (Phi) is 8.57. The molecule has 0 aromatic rings. The number of hydrogen-bond donors (Lipinski definition) is 2. The molecule has 0 aromatic heterocycles. The van der Waals surface area contributed by atoms with Crippen molar-refractivity contribution in [3.63, 3.8) is 0 Å². The number of hydrogen-bond acceptors (Lipinski definition) is 3. The smallest absolute Gasteiger partial charge is 0.245 e. The molecule has 2 N–H and O–H groups in total. The second-order valence-corrected chi connectivity index (χ2v) is 3.51. The van der Waals surface area contributed by atoms with Crippen LogP contribution >= 0.6 is 0 Å². The number of carbonyl (C=O) groups excluding carboxylic acids is 1. The lowest BCUT2D eigenvalue weighted by Crippen LogP contribution is -2.31. The fourth-order valence-corrected chi connectivity index (χ4v) is 0.900. The maximum atomic E-state index is 11.0. The Bertz CT molecular complexity index is 149. The molecule has 0 aliphatic heterocycles. The third kappa shape index (κ3) is 9.48. The normalized spacial score (nSPS) is 10.6. The average molecular weight is 202 g/mol. The summed E-state index contributed by atoms with van der Waals surface area (Å²) in [6.07, 6.45) is 0.959. The number of ether oxygens (including phenoxy) is 1. The van der Waals surface area contributed by atoms with Crippen LogP contribution in [0.5, 0.6) is 0 Å². The lowest BCUT2D eigenvalue weighted by Gasteiger charge is -2.08. The molecule has 0 saturated carbocycles. The number of rotatable bonds is 8. The summed E-state index contributed by atoms with van der Waals surface area (Å²) < 4.78 is 5.17. The Morgan fingerprint density at radius 2 is 2.07 bits per heavy atom. The molecule has 0 unspecified atom stereocenters. The van der Waals surface area contributed by atoms with Crippen LogP contribution in [0.25, 0.3) is 0 Å². The van der Waals surface area contributed by atoms with Gasteiger partial charge >= 0.3 is 0 Å². The molecule has 0 heterocycles. The highest BCUT2D eigenvalue weighted by Gasteiger charge is 1.99. The van der Waals surface area contributed by atoms with Crippen LogP contribution in [-0.2, 0) is 9.53 Å². The molecule has 0 rings (SSSR count). The van der Waals surface area contributed by atoms with Crippen LogP contribution in [0.1, 0.15) is 27.2 Å². The Balaban J connectivity index is 3.15. The Hall–Kier alpha value is -0.610. The molecule has 0 aliphatic carbocycles. The predicted octanol–water partition coefficient (Wildman–Crippen LogP) is 0.527. The van der Waals surface area contributed by atoms with Gasteiger partial charge in [-0.1, -0.05) is 20.8 Å². The van der Waals surface area contributed by atoms with Crippen molar-refractivity contribution >= 4 is 5.91 Å². The van der Waals surface area contributed by atoms with E-state index in [0.29, 0.717) is 12.6 Å². The van der Waals surface area contributed by atoms with E-state index in [1.54, 1.807) is 0 Å². The van der Waals surface area contributed by atoms with Gasteiger partial charge in [0.15, 0.2) is 0 Å². The first-order chi connectivity index (χ1) is 6.66. The van der Waals surface area contributed by atoms with Gasteiger partial charge in [-0.3, -0.25) is 4.79 Å². The summed E-state index contributed by atoms with van der Waals surface area (Å²) in [7, 11) is 0. The van der Waals surface area contributed by atoms with Gasteiger partial charge in [-0.2, -0.15) is 0 Å². The van der Waals surface area contributed by atoms with Gasteiger partial charge in [0.2, 0.25) is 5.91 Å². The van der Waals surface area contributed by atoms with Gasteiger partial charge in [0.1, 0.15) is 6.61 Å². The molecule has 0 spiro atoms. The zero-order chi connectivity index (χ0) is 10.8. The van der Waals surface area contributed by atoms with Crippen molar-refractivity contribution in [1.29, 1.82) is 0 Å². The van der Waals surface area contributed by atoms with Gasteiger partial charge in [0, 0.05) is 19.1 Å². The molecule has 0 saturated heterocycles. The Morgan fingerprint density at radius 3 is 2.64 bits per heavy atom. The summed E-state index contributed by atoms with van der Waals surface area (Å²) in [6.45, 7) is 8.44. The van der Waals surface area contributed by atoms with E-state index in [4.69, 9.17) is 4.74 Å². The monoisotopic (exact) mass is 202 g/mol. The van der Waals surface area contributed by atoms with E-state index in [-0.39, 0.29) is 12.5 Å². The topological polar surface area (TPSA) is 50.4 Å². The Morgan fingerprint density at radius 1 is 1.36 bits per heavy atom. The first kappa shape index (κ1) is 13.4. The molecule has 0 atom stereocenters. The second-order valence-electron chi connectivity index (χ2n) is 3.51. The summed E-state index contributed by atoms with van der Waals surface area (Å²) in [5, 5.41) is 5.95. The largest absolute Gasteiger partial charge is 0.370 e. The highest BCUT2D eigenvalue weighted by Crippen LogP contribution is 1.79. The molecule has 0 aromatic carbocycles. The van der Waals surface area contributed by atoms with Crippen molar-refractivity contribution in [2.45, 2.75) is 33.2 Å². The van der Waals surface area contributed by atoms with E-state index in [1.165, 1.54) is 0 Å². The van der Waals surface area contributed by atoms with Crippen molar-refractivity contribution in [2.75, 3.05) is 26.3 Å². The molecule has 0 fully saturated rings. The number of amides is 1. The molecule has 14 heavy (non-hydrogen) atoms. The van der Waals surface area contributed by atoms with Crippen molar-refractivity contribution in [3.8, 4) is 0 Å². The van der Waals surface area contributed by atoms with E-state index in [2.05, 4.69) is 24.5 Å². The minimum absolute atomic E-state index is 0.0311. The third-order valence-corrected chi connectivity index (χ3v) is 1.60. The molecule has 0 bridgehead atoms. The van der Waals surface area contributed by atoms with Crippen molar-refractivity contribution in [2.24, 2.45) is 0 Å². The van der Waals surface area contributed by atoms with E-state index < -0.39 is 0 Å². The van der Waals surface area contributed by atoms with Crippen molar-refractivity contribution < 1.29 is 9.53 Å². The molecule has 0 radical (unpaired) electrons. The van der Waals surface area contributed by atoms with Crippen molar-refractivity contribution in [3.05, 3.63) is 0 Å². The van der Waals surface area contributed by atoms with E-state index in [9.17, 15) is 4.79 Å². The third-order valence-electron chi connectivity index (χ3n) is 1.60. The van der Waals surface area contributed by atoms with Crippen LogP contribution in [0.3, 0.4) is 0 Å². The standard InChI is InChI=1S/C10H22N2O2/c1-4-5-12-10(13)8-14-7-6-11-9(2)3/h9,11H,4-8H2,1-3H3,(H,12,13). The second kappa shape index (κ2) is 8.97. The lowest BCUT2D eigenvalue weighted by atomic mass is 10.4. The van der Waals surface area contributed by atoms with E-state index in [1.807, 2.05) is 6.92 Å². The summed E-state index contributed by atoms with van der Waals surface area (Å²) >= 11 is 0. The molecule has 84 valence electrons. The zero-order valence-electron chi connectivity index (χ0n) is 9.43. The number of nitrogens with one attached hydrogen (secondary N) is 2. The molecule has 1 amide bonds. The van der Waals surface area contributed by atoms with Crippen LogP contribution in [0.2, 0.25) is 0 Å². The summed E-state index contributed by atoms with van der Waals surface area (Å²) in [4.78, 5) is 11.0. The first-order valence-corrected chi connectivity index (χ1v) is 5.24. The van der Waals surface area contributed by atoms with Gasteiger partial charge in [0.25, 0.3) is 0 Å². The van der Waals surface area contributed by atoms with Crippen LogP contribution in [-0.4, -0.2) is 38.3 Å². The van der Waals surface area contributed by atoms with Crippen LogP contribution in [0.4, 0.5) is 0 Å². The van der Waals surface area contributed by atoms with Gasteiger partial charge in [-0.05, 0) is 6.42 Å². The fraction of sp³-hybridized carbons (Fsp3) is 0.900. The number of carbonyl (C=O) groups is 1. The highest BCUT2D eigenvalue weighted by molar-refractivity contribution is 5.77. The fourth-order valence-electron chi connectivity index (χ4n) is 0.900. The van der Waals surface area contributed by atoms with Crippen LogP contribution < -0.4 is 10.6 Å². The minimum Gasteiger partial charge on any atom is -0.370 e. The minimum atomic E-state index is -0.0311. The predicted molar refractivity (Wildman–Crippen MR) is 57.3 cm³/mol. The van der Waals surface area contributed by atoms with E-state index >= 15 is 0 Å². The molecule has 0 aliphatic rings. The van der Waals surface area contributed by atoms with Crippen molar-refractivity contribution in [1.82, 2.24) is 10.6 Å². The Labute approximate surface area is 86.4 Å². The molecule has 4 heteroatoms. The summed E-state index contributed by atoms with van der Waals surface area (Å²) in [5.74, 6) is -0.0311. The van der Waals surface area contributed by atoms with Gasteiger partial charge in [0.05, 0.1) is 6.61 Å². The molecular weight excluding hydrogens is 180 g/mol. The van der Waals surface area contributed by atoms with Crippen LogP contribution in [0, 0.1) is 0 Å². The SMILES string of the molecule is CCCNC(=O)COCCNC(C)C. The first-order valence-electron chi connectivity index (χ1n) is 5.24. The maximum Gasteiger partial charge on any atom is 0.245 e. The van der Waals surface area contributed by atoms with Gasteiger partial charge in [-0.15, -0.1) is 0 Å². The zero-order valence-corrected chi connectivity index (χ0v) is 9.43. The lowest BCUT2D eigenvalue weighted by molar-refractivity contribution is -0.125. The summed E-state index contributed by atoms with van der Waals surface area (Å²) in [5.41, 5.74) is 0. The molecule has 4 nitrogen and oxygen atoms in total. The van der Waals surface area contributed by atoms with Gasteiger partial charge < -0.3 is 15.4 Å². The molecular formula is C10H22N2O2. The maximum absolute atomic E-state index is 11.0. The van der Waals surface area contributed by atoms with Crippen LogP contribution in [0.15, 0.2) is 0 Å². The quantitative estimate of drug-likeness (QED) is 0.564. The van der Waals surface area contributed by atoms with E-state index in [0.717, 1.165) is 19.5 Å². The summed E-state index contributed by atoms with van der Waals surface area (Å²) in [6, 6.07) is 0.465.